The van der Waals surface area contributed by atoms with Gasteiger partial charge in [-0.3, -0.25) is 4.79 Å². The van der Waals surface area contributed by atoms with Gasteiger partial charge in [0.25, 0.3) is 0 Å². The Labute approximate surface area is 97.2 Å². The highest BCUT2D eigenvalue weighted by molar-refractivity contribution is 6.30. The smallest absolute Gasteiger partial charge is 0.387 e. The summed E-state index contributed by atoms with van der Waals surface area (Å²) in [5.41, 5.74) is 1.02. The number of carbonyl (C=O) groups is 1. The molecule has 0 N–H and O–H groups in total. The van der Waals surface area contributed by atoms with Crippen LogP contribution in [0.15, 0.2) is 18.2 Å². The first-order chi connectivity index (χ1) is 7.41. The van der Waals surface area contributed by atoms with Crippen LogP contribution in [-0.4, -0.2) is 12.4 Å². The number of carbonyl (C=O) groups excluding carboxylic acids is 1. The Hall–Kier alpha value is -1.16. The van der Waals surface area contributed by atoms with Crippen LogP contribution in [-0.2, 0) is 4.79 Å². The van der Waals surface area contributed by atoms with Crippen molar-refractivity contribution in [1.29, 1.82) is 0 Å². The first-order valence-corrected chi connectivity index (χ1v) is 5.05. The number of halogens is 3. The van der Waals surface area contributed by atoms with E-state index < -0.39 is 12.0 Å². The molecule has 0 spiro atoms. The first kappa shape index (κ1) is 12.9. The molecule has 5 heteroatoms. The average molecular weight is 249 g/mol. The molecular formula is C11H11ClF2O2. The molecule has 0 aliphatic rings. The predicted molar refractivity (Wildman–Crippen MR) is 57.1 cm³/mol. The summed E-state index contributed by atoms with van der Waals surface area (Å²) in [7, 11) is 0. The lowest BCUT2D eigenvalue weighted by molar-refractivity contribution is -0.116. The van der Waals surface area contributed by atoms with Gasteiger partial charge < -0.3 is 4.74 Å². The normalized spacial score (nSPS) is 12.6. The van der Waals surface area contributed by atoms with Crippen LogP contribution in [0, 0.1) is 6.92 Å². The van der Waals surface area contributed by atoms with Crippen molar-refractivity contribution in [3.05, 3.63) is 29.3 Å². The van der Waals surface area contributed by atoms with Crippen molar-refractivity contribution in [3.63, 3.8) is 0 Å². The fourth-order valence-corrected chi connectivity index (χ4v) is 1.37. The zero-order valence-electron chi connectivity index (χ0n) is 8.84. The maximum atomic E-state index is 12.1. The summed E-state index contributed by atoms with van der Waals surface area (Å²) < 4.78 is 28.5. The van der Waals surface area contributed by atoms with Crippen LogP contribution in [0.4, 0.5) is 8.78 Å². The maximum Gasteiger partial charge on any atom is 0.387 e. The summed E-state index contributed by atoms with van der Waals surface area (Å²) in [5.74, 6) is -0.201. The van der Waals surface area contributed by atoms with Crippen LogP contribution < -0.4 is 4.74 Å². The number of benzene rings is 1. The largest absolute Gasteiger partial charge is 0.435 e. The molecule has 0 radical (unpaired) electrons. The van der Waals surface area contributed by atoms with Crippen molar-refractivity contribution in [2.45, 2.75) is 25.8 Å². The molecule has 0 fully saturated rings. The number of hydrogen-bond donors (Lipinski definition) is 0. The minimum atomic E-state index is -2.89. The van der Waals surface area contributed by atoms with Gasteiger partial charge in [0.2, 0.25) is 0 Å². The van der Waals surface area contributed by atoms with Gasteiger partial charge in [-0.15, -0.1) is 11.6 Å². The van der Waals surface area contributed by atoms with Crippen LogP contribution in [0.3, 0.4) is 0 Å². The Morgan fingerprint density at radius 2 is 2.06 bits per heavy atom. The third-order valence-electron chi connectivity index (χ3n) is 2.08. The second-order valence-corrected chi connectivity index (χ2v) is 3.81. The van der Waals surface area contributed by atoms with E-state index in [1.165, 1.54) is 13.0 Å². The van der Waals surface area contributed by atoms with Crippen molar-refractivity contribution < 1.29 is 18.3 Å². The third kappa shape index (κ3) is 3.17. The fourth-order valence-electron chi connectivity index (χ4n) is 1.23. The highest BCUT2D eigenvalue weighted by atomic mass is 35.5. The second kappa shape index (κ2) is 5.25. The molecule has 88 valence electrons. The van der Waals surface area contributed by atoms with E-state index in [2.05, 4.69) is 4.74 Å². The van der Waals surface area contributed by atoms with E-state index in [-0.39, 0.29) is 11.5 Å². The van der Waals surface area contributed by atoms with Crippen LogP contribution in [0.2, 0.25) is 0 Å². The Kier molecular flexibility index (Phi) is 4.24. The van der Waals surface area contributed by atoms with E-state index in [1.54, 1.807) is 19.1 Å². The summed E-state index contributed by atoms with van der Waals surface area (Å²) in [5, 5.41) is -0.833. The topological polar surface area (TPSA) is 26.3 Å². The minimum absolute atomic E-state index is 0.0411. The molecule has 2 nitrogen and oxygen atoms in total. The zero-order chi connectivity index (χ0) is 12.3. The van der Waals surface area contributed by atoms with Gasteiger partial charge in [0.1, 0.15) is 11.1 Å². The maximum absolute atomic E-state index is 12.1. The molecule has 0 aromatic heterocycles. The van der Waals surface area contributed by atoms with Gasteiger partial charge in [0.05, 0.1) is 0 Å². The summed E-state index contributed by atoms with van der Waals surface area (Å²) in [6.45, 7) is 0.0870. The molecule has 0 bridgehead atoms. The SMILES string of the molecule is CC(=O)C(Cl)c1ccc(C)c(OC(F)F)c1. The van der Waals surface area contributed by atoms with Gasteiger partial charge in [0, 0.05) is 0 Å². The van der Waals surface area contributed by atoms with Crippen molar-refractivity contribution in [3.8, 4) is 5.75 Å². The minimum Gasteiger partial charge on any atom is -0.435 e. The van der Waals surface area contributed by atoms with Gasteiger partial charge in [-0.05, 0) is 31.0 Å². The molecule has 0 saturated heterocycles. The quantitative estimate of drug-likeness (QED) is 0.763. The first-order valence-electron chi connectivity index (χ1n) is 4.61. The monoisotopic (exact) mass is 248 g/mol. The van der Waals surface area contributed by atoms with Crippen molar-refractivity contribution in [2.24, 2.45) is 0 Å². The van der Waals surface area contributed by atoms with Gasteiger partial charge >= 0.3 is 6.61 Å². The van der Waals surface area contributed by atoms with Crippen LogP contribution in [0.1, 0.15) is 23.4 Å². The number of aryl methyl sites for hydroxylation is 1. The Balaban J connectivity index is 3.02. The Bertz CT molecular complexity index is 394. The van der Waals surface area contributed by atoms with E-state index in [9.17, 15) is 13.6 Å². The third-order valence-corrected chi connectivity index (χ3v) is 2.64. The van der Waals surface area contributed by atoms with Crippen LogP contribution >= 0.6 is 11.6 Å². The molecule has 1 unspecified atom stereocenters. The predicted octanol–water partition coefficient (Wildman–Crippen LogP) is 3.47. The molecule has 1 aromatic rings. The molecule has 0 heterocycles. The number of ketones is 1. The second-order valence-electron chi connectivity index (χ2n) is 3.38. The zero-order valence-corrected chi connectivity index (χ0v) is 9.59. The van der Waals surface area contributed by atoms with Crippen molar-refractivity contribution in [1.82, 2.24) is 0 Å². The summed E-state index contributed by atoms with van der Waals surface area (Å²) >= 11 is 5.81. The van der Waals surface area contributed by atoms with E-state index in [0.717, 1.165) is 0 Å². The lowest BCUT2D eigenvalue weighted by Crippen LogP contribution is -2.06. The standard InChI is InChI=1S/C11H11ClF2O2/c1-6-3-4-8(10(12)7(2)15)5-9(6)16-11(13)14/h3-5,10-11H,1-2H3. The Morgan fingerprint density at radius 1 is 1.44 bits per heavy atom. The number of rotatable bonds is 4. The van der Waals surface area contributed by atoms with E-state index in [0.29, 0.717) is 11.1 Å². The highest BCUT2D eigenvalue weighted by Gasteiger charge is 2.15. The Morgan fingerprint density at radius 3 is 2.56 bits per heavy atom. The number of ether oxygens (including phenoxy) is 1. The van der Waals surface area contributed by atoms with Gasteiger partial charge in [-0.1, -0.05) is 12.1 Å². The molecular weight excluding hydrogens is 238 g/mol. The summed E-state index contributed by atoms with van der Waals surface area (Å²) in [6.07, 6.45) is 0. The van der Waals surface area contributed by atoms with E-state index >= 15 is 0 Å². The van der Waals surface area contributed by atoms with Crippen LogP contribution in [0.25, 0.3) is 0 Å². The van der Waals surface area contributed by atoms with Crippen molar-refractivity contribution in [2.75, 3.05) is 0 Å². The van der Waals surface area contributed by atoms with E-state index in [4.69, 9.17) is 11.6 Å². The lowest BCUT2D eigenvalue weighted by Gasteiger charge is -2.11. The van der Waals surface area contributed by atoms with Crippen LogP contribution in [0.5, 0.6) is 5.75 Å². The average Bonchev–Trinajstić information content (AvgIpc) is 2.19. The van der Waals surface area contributed by atoms with E-state index in [1.807, 2.05) is 0 Å². The van der Waals surface area contributed by atoms with Gasteiger partial charge in [0.15, 0.2) is 5.78 Å². The molecule has 0 aliphatic carbocycles. The molecule has 0 aliphatic heterocycles. The molecule has 1 rings (SSSR count). The molecule has 1 atom stereocenters. The summed E-state index contributed by atoms with van der Waals surface area (Å²) in [6, 6.07) is 4.57. The molecule has 0 amide bonds. The molecule has 1 aromatic carbocycles. The number of alkyl halides is 3. The summed E-state index contributed by atoms with van der Waals surface area (Å²) in [4.78, 5) is 11.0. The molecule has 0 saturated carbocycles. The lowest BCUT2D eigenvalue weighted by atomic mass is 10.1. The fraction of sp³-hybridized carbons (Fsp3) is 0.364. The van der Waals surface area contributed by atoms with Crippen molar-refractivity contribution >= 4 is 17.4 Å². The van der Waals surface area contributed by atoms with Gasteiger partial charge in [-0.2, -0.15) is 8.78 Å². The number of hydrogen-bond acceptors (Lipinski definition) is 2. The van der Waals surface area contributed by atoms with Gasteiger partial charge in [-0.25, -0.2) is 0 Å². The molecule has 16 heavy (non-hydrogen) atoms. The number of Topliss-reactive ketones (excluding diaryl/α,β-unsaturated/α-hetero) is 1. The highest BCUT2D eigenvalue weighted by Crippen LogP contribution is 2.28.